The van der Waals surface area contributed by atoms with Gasteiger partial charge in [-0.25, -0.2) is 8.42 Å². The third-order valence-corrected chi connectivity index (χ3v) is 3.94. The molecular formula is C12H16N2O2S. The van der Waals surface area contributed by atoms with Crippen molar-refractivity contribution in [1.29, 1.82) is 5.26 Å². The Kier molecular flexibility index (Phi) is 4.27. The molecule has 1 unspecified atom stereocenters. The second-order valence-electron chi connectivity index (χ2n) is 4.20. The normalized spacial score (nSPS) is 13.4. The second kappa shape index (κ2) is 5.30. The molecule has 0 bridgehead atoms. The molecule has 0 aliphatic carbocycles. The zero-order chi connectivity index (χ0) is 13.1. The van der Waals surface area contributed by atoms with Crippen LogP contribution in [0.4, 0.5) is 0 Å². The molecule has 0 heterocycles. The first-order chi connectivity index (χ1) is 7.86. The number of nitrogens with one attached hydrogen (secondary N) is 1. The van der Waals surface area contributed by atoms with Crippen LogP contribution in [-0.2, 0) is 10.0 Å². The van der Waals surface area contributed by atoms with E-state index in [0.717, 1.165) is 5.56 Å². The van der Waals surface area contributed by atoms with Crippen LogP contribution < -0.4 is 4.72 Å². The van der Waals surface area contributed by atoms with Crippen molar-refractivity contribution in [3.05, 3.63) is 29.8 Å². The van der Waals surface area contributed by atoms with Gasteiger partial charge in [0, 0.05) is 0 Å². The lowest BCUT2D eigenvalue weighted by atomic mass is 10.0. The van der Waals surface area contributed by atoms with E-state index in [0.29, 0.717) is 5.92 Å². The molecule has 5 heteroatoms. The van der Waals surface area contributed by atoms with Crippen molar-refractivity contribution in [2.45, 2.75) is 37.6 Å². The van der Waals surface area contributed by atoms with Crippen molar-refractivity contribution in [2.24, 2.45) is 0 Å². The molecule has 0 amide bonds. The van der Waals surface area contributed by atoms with Gasteiger partial charge in [0.25, 0.3) is 0 Å². The highest BCUT2D eigenvalue weighted by atomic mass is 32.2. The quantitative estimate of drug-likeness (QED) is 0.891. The van der Waals surface area contributed by atoms with Gasteiger partial charge in [0.2, 0.25) is 10.0 Å². The molecule has 0 aliphatic rings. The Morgan fingerprint density at radius 1 is 1.18 bits per heavy atom. The number of sulfonamides is 1. The van der Waals surface area contributed by atoms with Crippen LogP contribution >= 0.6 is 0 Å². The molecule has 0 aliphatic heterocycles. The molecule has 0 aromatic heterocycles. The Morgan fingerprint density at radius 3 is 2.12 bits per heavy atom. The minimum absolute atomic E-state index is 0.184. The fourth-order valence-electron chi connectivity index (χ4n) is 1.36. The van der Waals surface area contributed by atoms with Crippen molar-refractivity contribution >= 4 is 10.0 Å². The summed E-state index contributed by atoms with van der Waals surface area (Å²) >= 11 is 0. The molecule has 0 saturated heterocycles. The highest BCUT2D eigenvalue weighted by molar-refractivity contribution is 7.89. The van der Waals surface area contributed by atoms with E-state index in [9.17, 15) is 8.42 Å². The number of hydrogen-bond acceptors (Lipinski definition) is 3. The number of nitriles is 1. The van der Waals surface area contributed by atoms with E-state index in [-0.39, 0.29) is 4.90 Å². The van der Waals surface area contributed by atoms with Crippen LogP contribution in [0.5, 0.6) is 0 Å². The van der Waals surface area contributed by atoms with E-state index in [1.165, 1.54) is 6.92 Å². The number of nitrogens with zero attached hydrogens (tertiary/aromatic N) is 1. The summed E-state index contributed by atoms with van der Waals surface area (Å²) in [5.74, 6) is 0.359. The van der Waals surface area contributed by atoms with Crippen molar-refractivity contribution in [3.63, 3.8) is 0 Å². The minimum atomic E-state index is -3.59. The number of rotatable bonds is 4. The molecule has 92 valence electrons. The fourth-order valence-corrected chi connectivity index (χ4v) is 2.51. The number of benzene rings is 1. The lowest BCUT2D eigenvalue weighted by Gasteiger charge is -2.09. The molecule has 1 aromatic rings. The predicted octanol–water partition coefficient (Wildman–Crippen LogP) is 2.00. The van der Waals surface area contributed by atoms with Gasteiger partial charge < -0.3 is 0 Å². The van der Waals surface area contributed by atoms with Gasteiger partial charge in [-0.1, -0.05) is 26.0 Å². The summed E-state index contributed by atoms with van der Waals surface area (Å²) in [4.78, 5) is 0.184. The van der Waals surface area contributed by atoms with Crippen LogP contribution in [0.2, 0.25) is 0 Å². The van der Waals surface area contributed by atoms with Gasteiger partial charge in [0.05, 0.1) is 11.0 Å². The smallest absolute Gasteiger partial charge is 0.207 e. The summed E-state index contributed by atoms with van der Waals surface area (Å²) in [5.41, 5.74) is 1.08. The van der Waals surface area contributed by atoms with Crippen LogP contribution in [0.3, 0.4) is 0 Å². The highest BCUT2D eigenvalue weighted by Crippen LogP contribution is 2.17. The molecule has 0 saturated carbocycles. The maximum Gasteiger partial charge on any atom is 0.241 e. The third kappa shape index (κ3) is 3.55. The van der Waals surface area contributed by atoms with Crippen molar-refractivity contribution in [3.8, 4) is 6.07 Å². The Morgan fingerprint density at radius 2 is 1.71 bits per heavy atom. The second-order valence-corrected chi connectivity index (χ2v) is 5.91. The highest BCUT2D eigenvalue weighted by Gasteiger charge is 2.16. The molecule has 1 aromatic carbocycles. The van der Waals surface area contributed by atoms with Crippen molar-refractivity contribution in [2.75, 3.05) is 0 Å². The summed E-state index contributed by atoms with van der Waals surface area (Å²) in [6.45, 7) is 5.58. The average molecular weight is 252 g/mol. The maximum atomic E-state index is 11.8. The van der Waals surface area contributed by atoms with Crippen molar-refractivity contribution < 1.29 is 8.42 Å². The Balaban J connectivity index is 2.97. The average Bonchev–Trinajstić information content (AvgIpc) is 2.28. The van der Waals surface area contributed by atoms with Gasteiger partial charge in [-0.2, -0.15) is 9.98 Å². The zero-order valence-corrected chi connectivity index (χ0v) is 11.0. The Bertz CT molecular complexity index is 512. The first kappa shape index (κ1) is 13.7. The van der Waals surface area contributed by atoms with E-state index >= 15 is 0 Å². The molecule has 0 radical (unpaired) electrons. The molecule has 0 spiro atoms. The first-order valence-corrected chi connectivity index (χ1v) is 6.87. The van der Waals surface area contributed by atoms with Gasteiger partial charge in [-0.3, -0.25) is 0 Å². The van der Waals surface area contributed by atoms with Crippen LogP contribution in [-0.4, -0.2) is 14.5 Å². The molecule has 17 heavy (non-hydrogen) atoms. The summed E-state index contributed by atoms with van der Waals surface area (Å²) in [7, 11) is -3.59. The van der Waals surface area contributed by atoms with E-state index in [4.69, 9.17) is 5.26 Å². The number of hydrogen-bond donors (Lipinski definition) is 1. The zero-order valence-electron chi connectivity index (χ0n) is 10.1. The molecule has 1 rings (SSSR count). The largest absolute Gasteiger partial charge is 0.241 e. The maximum absolute atomic E-state index is 11.8. The van der Waals surface area contributed by atoms with Gasteiger partial charge in [0.1, 0.15) is 6.04 Å². The van der Waals surface area contributed by atoms with Gasteiger partial charge in [-0.05, 0) is 30.5 Å². The summed E-state index contributed by atoms with van der Waals surface area (Å²) < 4.78 is 25.9. The monoisotopic (exact) mass is 252 g/mol. The van der Waals surface area contributed by atoms with E-state index in [2.05, 4.69) is 4.72 Å². The lowest BCUT2D eigenvalue weighted by Crippen LogP contribution is -2.31. The first-order valence-electron chi connectivity index (χ1n) is 5.38. The SMILES string of the molecule is CC(C#N)NS(=O)(=O)c1ccc(C(C)C)cc1. The van der Waals surface area contributed by atoms with Crippen LogP contribution in [0.1, 0.15) is 32.3 Å². The standard InChI is InChI=1S/C12H16N2O2S/c1-9(2)11-4-6-12(7-5-11)17(15,16)14-10(3)8-13/h4-7,9-10,14H,1-3H3. The summed E-state index contributed by atoms with van der Waals surface area (Å²) in [6.07, 6.45) is 0. The molecular weight excluding hydrogens is 236 g/mol. The molecule has 4 nitrogen and oxygen atoms in total. The topological polar surface area (TPSA) is 70.0 Å². The van der Waals surface area contributed by atoms with Gasteiger partial charge in [-0.15, -0.1) is 0 Å². The molecule has 1 N–H and O–H groups in total. The fraction of sp³-hybridized carbons (Fsp3) is 0.417. The van der Waals surface area contributed by atoms with Crippen LogP contribution in [0, 0.1) is 11.3 Å². The van der Waals surface area contributed by atoms with Crippen LogP contribution in [0.25, 0.3) is 0 Å². The van der Waals surface area contributed by atoms with E-state index < -0.39 is 16.1 Å². The van der Waals surface area contributed by atoms with Gasteiger partial charge in [0.15, 0.2) is 0 Å². The Hall–Kier alpha value is -1.38. The third-order valence-electron chi connectivity index (χ3n) is 2.38. The Labute approximate surface area is 102 Å². The minimum Gasteiger partial charge on any atom is -0.207 e. The van der Waals surface area contributed by atoms with Gasteiger partial charge >= 0.3 is 0 Å². The summed E-state index contributed by atoms with van der Waals surface area (Å²) in [6, 6.07) is 7.79. The van der Waals surface area contributed by atoms with E-state index in [1.54, 1.807) is 24.3 Å². The van der Waals surface area contributed by atoms with Crippen molar-refractivity contribution in [1.82, 2.24) is 4.72 Å². The predicted molar refractivity (Wildman–Crippen MR) is 65.9 cm³/mol. The molecule has 0 fully saturated rings. The summed E-state index contributed by atoms with van der Waals surface area (Å²) in [5, 5.41) is 8.58. The van der Waals surface area contributed by atoms with E-state index in [1.807, 2.05) is 19.9 Å². The van der Waals surface area contributed by atoms with Crippen LogP contribution in [0.15, 0.2) is 29.2 Å². The molecule has 1 atom stereocenters. The lowest BCUT2D eigenvalue weighted by molar-refractivity contribution is 0.577.